The number of nitrogens with one attached hydrogen (secondary N) is 2. The molecule has 0 aliphatic heterocycles. The van der Waals surface area contributed by atoms with Crippen molar-refractivity contribution in [3.8, 4) is 5.69 Å². The van der Waals surface area contributed by atoms with Crippen LogP contribution in [0.5, 0.6) is 0 Å². The van der Waals surface area contributed by atoms with Crippen LogP contribution in [0.15, 0.2) is 54.6 Å². The lowest BCUT2D eigenvalue weighted by atomic mass is 10.1. The van der Waals surface area contributed by atoms with Crippen LogP contribution in [0.3, 0.4) is 0 Å². The molecule has 0 bridgehead atoms. The number of hydrogen-bond donors (Lipinski definition) is 2. The number of halogens is 1. The molecule has 158 valence electrons. The summed E-state index contributed by atoms with van der Waals surface area (Å²) in [5, 5.41) is 2.86. The molecule has 1 amide bonds. The largest absolute Gasteiger partial charge is 0.348 e. The van der Waals surface area contributed by atoms with Crippen molar-refractivity contribution in [2.75, 3.05) is 7.05 Å². The van der Waals surface area contributed by atoms with Crippen molar-refractivity contribution in [2.45, 2.75) is 26.1 Å². The monoisotopic (exact) mass is 429 g/mol. The summed E-state index contributed by atoms with van der Waals surface area (Å²) in [5.74, 6) is -0.711. The maximum atomic E-state index is 14.2. The van der Waals surface area contributed by atoms with E-state index >= 15 is 0 Å². The Morgan fingerprint density at radius 3 is 2.30 bits per heavy atom. The highest BCUT2D eigenvalue weighted by atomic mass is 32.2. The molecule has 6 nitrogen and oxygen atoms in total. The fraction of sp³-hybridized carbons (Fsp3) is 0.227. The van der Waals surface area contributed by atoms with E-state index < -0.39 is 10.0 Å². The molecule has 0 spiro atoms. The first-order valence-corrected chi connectivity index (χ1v) is 11.1. The molecule has 2 N–H and O–H groups in total. The lowest BCUT2D eigenvalue weighted by Gasteiger charge is -2.11. The predicted molar refractivity (Wildman–Crippen MR) is 114 cm³/mol. The molecular formula is C22H24FN3O3S. The number of carbonyl (C=O) groups excluding carboxylic acids is 1. The van der Waals surface area contributed by atoms with Crippen molar-refractivity contribution < 1.29 is 17.6 Å². The van der Waals surface area contributed by atoms with Gasteiger partial charge in [-0.25, -0.2) is 17.5 Å². The van der Waals surface area contributed by atoms with Crippen molar-refractivity contribution in [3.05, 3.63) is 88.5 Å². The Balaban J connectivity index is 1.72. The number of amides is 1. The number of hydrogen-bond acceptors (Lipinski definition) is 3. The Hall–Kier alpha value is -2.97. The summed E-state index contributed by atoms with van der Waals surface area (Å²) in [6.45, 7) is 3.90. The molecule has 0 radical (unpaired) electrons. The molecule has 0 saturated heterocycles. The second-order valence-corrected chi connectivity index (χ2v) is 8.96. The summed E-state index contributed by atoms with van der Waals surface area (Å²) in [5.41, 5.74) is 3.80. The summed E-state index contributed by atoms with van der Waals surface area (Å²) in [6, 6.07) is 15.2. The zero-order chi connectivity index (χ0) is 21.9. The summed E-state index contributed by atoms with van der Waals surface area (Å²) < 4.78 is 41.4. The molecule has 1 heterocycles. The normalized spacial score (nSPS) is 11.5. The highest BCUT2D eigenvalue weighted by molar-refractivity contribution is 7.88. The summed E-state index contributed by atoms with van der Waals surface area (Å²) in [6.07, 6.45) is 0. The van der Waals surface area contributed by atoms with E-state index in [1.165, 1.54) is 13.1 Å². The first-order valence-electron chi connectivity index (χ1n) is 9.43. The molecule has 0 saturated carbocycles. The Labute approximate surface area is 175 Å². The molecule has 8 heteroatoms. The van der Waals surface area contributed by atoms with E-state index in [9.17, 15) is 17.6 Å². The smallest absolute Gasteiger partial charge is 0.253 e. The van der Waals surface area contributed by atoms with Crippen LogP contribution >= 0.6 is 0 Å². The Morgan fingerprint density at radius 1 is 1.03 bits per heavy atom. The Morgan fingerprint density at radius 2 is 1.67 bits per heavy atom. The molecule has 0 fully saturated rings. The van der Waals surface area contributed by atoms with Crippen molar-refractivity contribution >= 4 is 15.9 Å². The van der Waals surface area contributed by atoms with E-state index in [0.717, 1.165) is 11.3 Å². The summed E-state index contributed by atoms with van der Waals surface area (Å²) in [4.78, 5) is 12.7. The fourth-order valence-electron chi connectivity index (χ4n) is 3.32. The van der Waals surface area contributed by atoms with Crippen LogP contribution in [0.25, 0.3) is 5.69 Å². The van der Waals surface area contributed by atoms with Crippen molar-refractivity contribution in [1.82, 2.24) is 14.6 Å². The molecular weight excluding hydrogens is 405 g/mol. The quantitative estimate of drug-likeness (QED) is 0.605. The van der Waals surface area contributed by atoms with Gasteiger partial charge in [-0.15, -0.1) is 0 Å². The molecule has 0 unspecified atom stereocenters. The van der Waals surface area contributed by atoms with Gasteiger partial charge in [0.2, 0.25) is 10.0 Å². The maximum Gasteiger partial charge on any atom is 0.253 e. The van der Waals surface area contributed by atoms with Crippen LogP contribution in [0.4, 0.5) is 4.39 Å². The van der Waals surface area contributed by atoms with Gasteiger partial charge in [0.05, 0.1) is 17.0 Å². The average Bonchev–Trinajstić information content (AvgIpc) is 3.01. The van der Waals surface area contributed by atoms with E-state index in [1.807, 2.05) is 6.92 Å². The lowest BCUT2D eigenvalue weighted by molar-refractivity contribution is 0.0950. The van der Waals surface area contributed by atoms with Gasteiger partial charge >= 0.3 is 0 Å². The van der Waals surface area contributed by atoms with Crippen LogP contribution in [-0.2, 0) is 22.3 Å². The zero-order valence-electron chi connectivity index (χ0n) is 17.1. The number of rotatable bonds is 7. The van der Waals surface area contributed by atoms with Crippen molar-refractivity contribution in [3.63, 3.8) is 0 Å². The van der Waals surface area contributed by atoms with E-state index in [2.05, 4.69) is 10.0 Å². The van der Waals surface area contributed by atoms with Crippen LogP contribution in [-0.4, -0.2) is 25.9 Å². The van der Waals surface area contributed by atoms with Gasteiger partial charge in [-0.2, -0.15) is 0 Å². The van der Waals surface area contributed by atoms with E-state index in [4.69, 9.17) is 0 Å². The molecule has 3 rings (SSSR count). The van der Waals surface area contributed by atoms with Crippen LogP contribution < -0.4 is 10.0 Å². The van der Waals surface area contributed by atoms with E-state index in [1.54, 1.807) is 60.0 Å². The van der Waals surface area contributed by atoms with Gasteiger partial charge in [-0.05, 0) is 50.2 Å². The predicted octanol–water partition coefficient (Wildman–Crippen LogP) is 3.21. The number of para-hydroxylation sites is 1. The Kier molecular flexibility index (Phi) is 6.38. The van der Waals surface area contributed by atoms with Gasteiger partial charge < -0.3 is 9.88 Å². The maximum absolute atomic E-state index is 14.2. The number of aryl methyl sites for hydroxylation is 1. The molecule has 3 aromatic rings. The Bertz CT molecular complexity index is 1170. The first-order chi connectivity index (χ1) is 14.2. The number of aromatic nitrogens is 1. The fourth-order valence-corrected chi connectivity index (χ4v) is 4.09. The minimum atomic E-state index is -3.33. The lowest BCUT2D eigenvalue weighted by Crippen LogP contribution is -2.23. The molecule has 2 aromatic carbocycles. The summed E-state index contributed by atoms with van der Waals surface area (Å²) >= 11 is 0. The van der Waals surface area contributed by atoms with Crippen molar-refractivity contribution in [1.29, 1.82) is 0 Å². The average molecular weight is 430 g/mol. The van der Waals surface area contributed by atoms with Gasteiger partial charge in [-0.3, -0.25) is 4.79 Å². The second kappa shape index (κ2) is 8.81. The minimum Gasteiger partial charge on any atom is -0.348 e. The first kappa shape index (κ1) is 21.7. The van der Waals surface area contributed by atoms with Crippen molar-refractivity contribution in [2.24, 2.45) is 0 Å². The third-order valence-electron chi connectivity index (χ3n) is 4.91. The third kappa shape index (κ3) is 4.77. The zero-order valence-corrected chi connectivity index (χ0v) is 17.9. The van der Waals surface area contributed by atoms with Gasteiger partial charge in [0, 0.05) is 17.9 Å². The highest BCUT2D eigenvalue weighted by Crippen LogP contribution is 2.23. The third-order valence-corrected chi connectivity index (χ3v) is 6.25. The molecule has 0 atom stereocenters. The van der Waals surface area contributed by atoms with Gasteiger partial charge in [0.15, 0.2) is 0 Å². The topological polar surface area (TPSA) is 80.2 Å². The molecule has 1 aromatic heterocycles. The number of sulfonamides is 1. The molecule has 0 aliphatic rings. The number of benzene rings is 2. The van der Waals surface area contributed by atoms with E-state index in [-0.39, 0.29) is 17.5 Å². The molecule has 30 heavy (non-hydrogen) atoms. The summed E-state index contributed by atoms with van der Waals surface area (Å²) in [7, 11) is -1.95. The van der Waals surface area contributed by atoms with E-state index in [0.29, 0.717) is 29.1 Å². The molecule has 0 aliphatic carbocycles. The van der Waals surface area contributed by atoms with Crippen LogP contribution in [0.1, 0.15) is 32.9 Å². The number of carbonyl (C=O) groups is 1. The van der Waals surface area contributed by atoms with Gasteiger partial charge in [-0.1, -0.05) is 36.4 Å². The second-order valence-electron chi connectivity index (χ2n) is 7.03. The van der Waals surface area contributed by atoms with Gasteiger partial charge in [0.1, 0.15) is 5.82 Å². The van der Waals surface area contributed by atoms with Crippen LogP contribution in [0.2, 0.25) is 0 Å². The minimum absolute atomic E-state index is 0.0990. The number of nitrogens with zero attached hydrogens (tertiary/aromatic N) is 1. The van der Waals surface area contributed by atoms with Gasteiger partial charge in [0.25, 0.3) is 5.91 Å². The standard InChI is InChI=1S/C22H24FN3O3S/c1-15-12-19(16(2)26(15)21-7-5-4-6-20(21)23)22(27)25-13-17-8-10-18(11-9-17)14-30(28,29)24-3/h4-12,24H,13-14H2,1-3H3,(H,25,27). The SMILES string of the molecule is CNS(=O)(=O)Cc1ccc(CNC(=O)c2cc(C)n(-c3ccccc3F)c2C)cc1. The van der Waals surface area contributed by atoms with Crippen LogP contribution in [0, 0.1) is 19.7 Å². The highest BCUT2D eigenvalue weighted by Gasteiger charge is 2.18.